The molecule has 94 valence electrons. The fourth-order valence-electron chi connectivity index (χ4n) is 1.23. The van der Waals surface area contributed by atoms with Crippen LogP contribution in [0.25, 0.3) is 0 Å². The molecule has 1 unspecified atom stereocenters. The molecule has 16 heavy (non-hydrogen) atoms. The number of likely N-dealkylation sites (N-methyl/N-ethyl adjacent to an activating group) is 2. The van der Waals surface area contributed by atoms with Gasteiger partial charge in [0.15, 0.2) is 0 Å². The highest BCUT2D eigenvalue weighted by atomic mass is 16.4. The molecular weight excluding hydrogens is 210 g/mol. The highest BCUT2D eigenvalue weighted by molar-refractivity contribution is 5.75. The molecule has 0 aliphatic rings. The van der Waals surface area contributed by atoms with Crippen molar-refractivity contribution in [2.75, 3.05) is 40.8 Å². The molecular formula is C10H21N3O3. The predicted octanol–water partition coefficient (Wildman–Crippen LogP) is -0.0899. The third-order valence-corrected chi connectivity index (χ3v) is 2.32. The minimum atomic E-state index is -0.891. The van der Waals surface area contributed by atoms with Gasteiger partial charge in [-0.3, -0.25) is 4.79 Å². The summed E-state index contributed by atoms with van der Waals surface area (Å²) in [6, 6.07) is -0.164. The number of nitrogens with one attached hydrogen (secondary N) is 1. The first-order valence-electron chi connectivity index (χ1n) is 5.23. The summed E-state index contributed by atoms with van der Waals surface area (Å²) in [5, 5.41) is 11.7. The summed E-state index contributed by atoms with van der Waals surface area (Å²) in [5.74, 6) is -1.44. The molecule has 2 amide bonds. The lowest BCUT2D eigenvalue weighted by Crippen LogP contribution is -2.43. The number of nitrogens with zero attached hydrogens (tertiary/aromatic N) is 2. The average molecular weight is 231 g/mol. The molecule has 0 fully saturated rings. The lowest BCUT2D eigenvalue weighted by Gasteiger charge is -2.26. The SMILES string of the molecule is CNCCN(C)C(=O)N(C)CC(C)C(=O)O. The van der Waals surface area contributed by atoms with Crippen LogP contribution in [-0.2, 0) is 4.79 Å². The van der Waals surface area contributed by atoms with E-state index in [-0.39, 0.29) is 12.6 Å². The van der Waals surface area contributed by atoms with E-state index < -0.39 is 11.9 Å². The summed E-state index contributed by atoms with van der Waals surface area (Å²) in [4.78, 5) is 25.4. The highest BCUT2D eigenvalue weighted by Crippen LogP contribution is 2.01. The fourth-order valence-corrected chi connectivity index (χ4v) is 1.23. The molecule has 0 saturated carbocycles. The van der Waals surface area contributed by atoms with E-state index in [0.717, 1.165) is 0 Å². The molecule has 0 aliphatic heterocycles. The van der Waals surface area contributed by atoms with Crippen molar-refractivity contribution in [3.05, 3.63) is 0 Å². The number of hydrogen-bond acceptors (Lipinski definition) is 3. The minimum Gasteiger partial charge on any atom is -0.481 e. The third kappa shape index (κ3) is 4.97. The standard InChI is InChI=1S/C10H21N3O3/c1-8(9(14)15)7-13(4)10(16)12(3)6-5-11-2/h8,11H,5-7H2,1-4H3,(H,14,15). The largest absolute Gasteiger partial charge is 0.481 e. The van der Waals surface area contributed by atoms with E-state index in [9.17, 15) is 9.59 Å². The first-order valence-corrected chi connectivity index (χ1v) is 5.23. The van der Waals surface area contributed by atoms with Crippen molar-refractivity contribution in [2.45, 2.75) is 6.92 Å². The molecule has 0 saturated heterocycles. The molecule has 0 aliphatic carbocycles. The molecule has 0 rings (SSSR count). The highest BCUT2D eigenvalue weighted by Gasteiger charge is 2.19. The van der Waals surface area contributed by atoms with E-state index >= 15 is 0 Å². The number of rotatable bonds is 6. The van der Waals surface area contributed by atoms with Gasteiger partial charge in [-0.25, -0.2) is 4.79 Å². The van der Waals surface area contributed by atoms with E-state index in [1.165, 1.54) is 4.90 Å². The zero-order valence-electron chi connectivity index (χ0n) is 10.4. The molecule has 6 heteroatoms. The van der Waals surface area contributed by atoms with Crippen LogP contribution in [0.2, 0.25) is 0 Å². The number of carbonyl (C=O) groups excluding carboxylic acids is 1. The van der Waals surface area contributed by atoms with Crippen molar-refractivity contribution in [3.63, 3.8) is 0 Å². The maximum Gasteiger partial charge on any atom is 0.319 e. The number of urea groups is 1. The molecule has 0 aromatic rings. The van der Waals surface area contributed by atoms with Crippen LogP contribution in [0.4, 0.5) is 4.79 Å². The smallest absolute Gasteiger partial charge is 0.319 e. The van der Waals surface area contributed by atoms with Crippen LogP contribution in [0.3, 0.4) is 0 Å². The molecule has 6 nitrogen and oxygen atoms in total. The molecule has 0 aromatic heterocycles. The Morgan fingerprint density at radius 1 is 1.31 bits per heavy atom. The molecule has 0 heterocycles. The summed E-state index contributed by atoms with van der Waals surface area (Å²) < 4.78 is 0. The molecule has 1 atom stereocenters. The van der Waals surface area contributed by atoms with Crippen LogP contribution >= 0.6 is 0 Å². The molecule has 2 N–H and O–H groups in total. The van der Waals surface area contributed by atoms with Gasteiger partial charge >= 0.3 is 12.0 Å². The number of carboxylic acids is 1. The summed E-state index contributed by atoms with van der Waals surface area (Å²) in [6.45, 7) is 3.11. The van der Waals surface area contributed by atoms with Gasteiger partial charge < -0.3 is 20.2 Å². The fraction of sp³-hybridized carbons (Fsp3) is 0.800. The lowest BCUT2D eigenvalue weighted by atomic mass is 10.2. The second-order valence-electron chi connectivity index (χ2n) is 3.93. The average Bonchev–Trinajstić information content (AvgIpc) is 2.24. The van der Waals surface area contributed by atoms with Gasteiger partial charge in [0.1, 0.15) is 0 Å². The van der Waals surface area contributed by atoms with Gasteiger partial charge in [-0.15, -0.1) is 0 Å². The van der Waals surface area contributed by atoms with Crippen molar-refractivity contribution in [2.24, 2.45) is 5.92 Å². The Hall–Kier alpha value is -1.30. The summed E-state index contributed by atoms with van der Waals surface area (Å²) >= 11 is 0. The number of carbonyl (C=O) groups is 2. The van der Waals surface area contributed by atoms with Crippen LogP contribution in [0.1, 0.15) is 6.92 Å². The Balaban J connectivity index is 4.11. The first kappa shape index (κ1) is 14.7. The molecule has 0 spiro atoms. The zero-order valence-corrected chi connectivity index (χ0v) is 10.4. The van der Waals surface area contributed by atoms with Gasteiger partial charge in [-0.05, 0) is 7.05 Å². The van der Waals surface area contributed by atoms with E-state index in [1.807, 2.05) is 7.05 Å². The van der Waals surface area contributed by atoms with Crippen molar-refractivity contribution >= 4 is 12.0 Å². The first-order chi connectivity index (χ1) is 7.40. The van der Waals surface area contributed by atoms with Crippen LogP contribution in [0.15, 0.2) is 0 Å². The molecule has 0 aromatic carbocycles. The van der Waals surface area contributed by atoms with Crippen molar-refractivity contribution in [1.82, 2.24) is 15.1 Å². The second-order valence-corrected chi connectivity index (χ2v) is 3.93. The van der Waals surface area contributed by atoms with Crippen LogP contribution in [0.5, 0.6) is 0 Å². The molecule has 0 radical (unpaired) electrons. The Kier molecular flexibility index (Phi) is 6.48. The zero-order chi connectivity index (χ0) is 12.7. The van der Waals surface area contributed by atoms with E-state index in [1.54, 1.807) is 25.9 Å². The maximum atomic E-state index is 11.7. The maximum absolute atomic E-state index is 11.7. The number of hydrogen-bond donors (Lipinski definition) is 2. The van der Waals surface area contributed by atoms with Gasteiger partial charge in [-0.1, -0.05) is 6.92 Å². The van der Waals surface area contributed by atoms with E-state index in [2.05, 4.69) is 5.32 Å². The van der Waals surface area contributed by atoms with Crippen LogP contribution < -0.4 is 5.32 Å². The summed E-state index contributed by atoms with van der Waals surface area (Å²) in [5.41, 5.74) is 0. The van der Waals surface area contributed by atoms with Crippen LogP contribution in [-0.4, -0.2) is 67.7 Å². The van der Waals surface area contributed by atoms with E-state index in [4.69, 9.17) is 5.11 Å². The van der Waals surface area contributed by atoms with E-state index in [0.29, 0.717) is 13.1 Å². The number of aliphatic carboxylic acids is 1. The van der Waals surface area contributed by atoms with Crippen LogP contribution in [0, 0.1) is 5.92 Å². The number of amides is 2. The van der Waals surface area contributed by atoms with Gasteiger partial charge in [0.25, 0.3) is 0 Å². The van der Waals surface area contributed by atoms with Gasteiger partial charge in [0.2, 0.25) is 0 Å². The molecule has 0 bridgehead atoms. The lowest BCUT2D eigenvalue weighted by molar-refractivity contribution is -0.141. The minimum absolute atomic E-state index is 0.164. The summed E-state index contributed by atoms with van der Waals surface area (Å²) in [7, 11) is 5.12. The Labute approximate surface area is 96.2 Å². The van der Waals surface area contributed by atoms with Crippen molar-refractivity contribution in [3.8, 4) is 0 Å². The Morgan fingerprint density at radius 2 is 1.88 bits per heavy atom. The quantitative estimate of drug-likeness (QED) is 0.670. The normalized spacial score (nSPS) is 12.0. The Bertz CT molecular complexity index is 245. The van der Waals surface area contributed by atoms with Crippen molar-refractivity contribution in [1.29, 1.82) is 0 Å². The summed E-state index contributed by atoms with van der Waals surface area (Å²) in [6.07, 6.45) is 0. The van der Waals surface area contributed by atoms with Gasteiger partial charge in [0.05, 0.1) is 5.92 Å². The topological polar surface area (TPSA) is 72.9 Å². The predicted molar refractivity (Wildman–Crippen MR) is 61.4 cm³/mol. The second kappa shape index (κ2) is 7.05. The van der Waals surface area contributed by atoms with Gasteiger partial charge in [0, 0.05) is 33.7 Å². The van der Waals surface area contributed by atoms with Crippen molar-refractivity contribution < 1.29 is 14.7 Å². The monoisotopic (exact) mass is 231 g/mol. The third-order valence-electron chi connectivity index (χ3n) is 2.32. The van der Waals surface area contributed by atoms with Gasteiger partial charge in [-0.2, -0.15) is 0 Å². The Morgan fingerprint density at radius 3 is 2.31 bits per heavy atom. The number of carboxylic acid groups (broad SMARTS) is 1.